The van der Waals surface area contributed by atoms with E-state index in [-0.39, 0.29) is 22.9 Å². The van der Waals surface area contributed by atoms with Gasteiger partial charge in [0.1, 0.15) is 0 Å². The Hall–Kier alpha value is -1.28. The second kappa shape index (κ2) is 7.62. The molecule has 27 heavy (non-hydrogen) atoms. The number of nitrogens with one attached hydrogen (secondary N) is 1. The van der Waals surface area contributed by atoms with Crippen molar-refractivity contribution in [2.45, 2.75) is 65.8 Å². The molecular weight excluding hydrogens is 336 g/mol. The molecule has 0 aromatic rings. The number of carbonyl (C=O) groups excluding carboxylic acids is 1. The number of fused-ring (bicyclic) bond motifs is 1. The molecule has 0 radical (unpaired) electrons. The number of nitrogens with zero attached hydrogens (tertiary/aromatic N) is 3. The Morgan fingerprint density at radius 2 is 1.85 bits per heavy atom. The lowest BCUT2D eigenvalue weighted by Crippen LogP contribution is -2.60. The number of rotatable bonds is 2. The molecule has 2 saturated carbocycles. The highest BCUT2D eigenvalue weighted by atomic mass is 16.2. The lowest BCUT2D eigenvalue weighted by atomic mass is 9.45. The van der Waals surface area contributed by atoms with Crippen molar-refractivity contribution in [1.29, 1.82) is 5.26 Å². The highest BCUT2D eigenvalue weighted by molar-refractivity contribution is 5.74. The van der Waals surface area contributed by atoms with Crippen LogP contribution in [0, 0.1) is 39.9 Å². The maximum atomic E-state index is 12.9. The molecule has 2 aliphatic carbocycles. The molecule has 3 rings (SSSR count). The molecule has 1 N–H and O–H groups in total. The normalized spacial score (nSPS) is 39.3. The second-order valence-electron chi connectivity index (χ2n) is 10.3. The first kappa shape index (κ1) is 20.5. The van der Waals surface area contributed by atoms with Gasteiger partial charge in [0, 0.05) is 38.6 Å². The van der Waals surface area contributed by atoms with E-state index in [1.807, 2.05) is 4.90 Å². The van der Waals surface area contributed by atoms with Gasteiger partial charge < -0.3 is 15.1 Å². The van der Waals surface area contributed by atoms with Crippen molar-refractivity contribution in [2.75, 3.05) is 33.2 Å². The van der Waals surface area contributed by atoms with E-state index >= 15 is 0 Å². The van der Waals surface area contributed by atoms with E-state index in [2.05, 4.69) is 51.0 Å². The number of hydrogen-bond donors (Lipinski definition) is 1. The molecule has 2 amide bonds. The third-order valence-electron chi connectivity index (χ3n) is 8.29. The van der Waals surface area contributed by atoms with Gasteiger partial charge >= 0.3 is 6.03 Å². The maximum Gasteiger partial charge on any atom is 0.317 e. The number of urea groups is 1. The third-order valence-corrected chi connectivity index (χ3v) is 8.29. The zero-order valence-electron chi connectivity index (χ0n) is 17.9. The van der Waals surface area contributed by atoms with Crippen molar-refractivity contribution < 1.29 is 4.79 Å². The number of nitriles is 1. The molecule has 5 atom stereocenters. The molecule has 1 aliphatic heterocycles. The summed E-state index contributed by atoms with van der Waals surface area (Å²) >= 11 is 0. The quantitative estimate of drug-likeness (QED) is 0.801. The van der Waals surface area contributed by atoms with Gasteiger partial charge in [-0.2, -0.15) is 5.26 Å². The summed E-state index contributed by atoms with van der Waals surface area (Å²) in [4.78, 5) is 17.1. The summed E-state index contributed by atoms with van der Waals surface area (Å²) in [5.74, 6) is 1.26. The number of carbonyl (C=O) groups is 1. The predicted octanol–water partition coefficient (Wildman–Crippen LogP) is 3.71. The number of piperazine rings is 1. The Morgan fingerprint density at radius 3 is 2.48 bits per heavy atom. The maximum absolute atomic E-state index is 12.9. The van der Waals surface area contributed by atoms with Crippen molar-refractivity contribution in [3.05, 3.63) is 0 Å². The molecule has 0 bridgehead atoms. The first-order valence-corrected chi connectivity index (χ1v) is 10.8. The van der Waals surface area contributed by atoms with Crippen LogP contribution < -0.4 is 5.32 Å². The van der Waals surface area contributed by atoms with Crippen LogP contribution in [0.4, 0.5) is 4.79 Å². The Balaban J connectivity index is 1.78. The molecular formula is C22H38N4O. The van der Waals surface area contributed by atoms with Crippen molar-refractivity contribution in [3.63, 3.8) is 0 Å². The highest BCUT2D eigenvalue weighted by Crippen LogP contribution is 2.61. The van der Waals surface area contributed by atoms with Crippen LogP contribution in [0.2, 0.25) is 0 Å². The summed E-state index contributed by atoms with van der Waals surface area (Å²) in [7, 11) is 2.11. The minimum atomic E-state index is 0.0906. The first-order chi connectivity index (χ1) is 12.7. The van der Waals surface area contributed by atoms with Gasteiger partial charge in [0.15, 0.2) is 0 Å². The molecule has 1 heterocycles. The molecule has 1 saturated heterocycles. The molecule has 0 aromatic heterocycles. The third kappa shape index (κ3) is 3.83. The van der Waals surface area contributed by atoms with E-state index in [0.717, 1.165) is 32.6 Å². The van der Waals surface area contributed by atoms with E-state index in [0.29, 0.717) is 24.2 Å². The van der Waals surface area contributed by atoms with Gasteiger partial charge in [0.05, 0.1) is 6.07 Å². The summed E-state index contributed by atoms with van der Waals surface area (Å²) in [6.07, 6.45) is 5.38. The average molecular weight is 375 g/mol. The van der Waals surface area contributed by atoms with Gasteiger partial charge in [-0.05, 0) is 54.9 Å². The van der Waals surface area contributed by atoms with E-state index in [9.17, 15) is 10.1 Å². The van der Waals surface area contributed by atoms with E-state index in [1.54, 1.807) is 0 Å². The highest BCUT2D eigenvalue weighted by Gasteiger charge is 2.56. The molecule has 152 valence electrons. The SMILES string of the molecule is C[C@@H]1[C@H](NC(=O)N2CCN(C)CC2)CC2C(C)(C)CCC[C@]2(C)[C@H]1CC#N. The first-order valence-electron chi connectivity index (χ1n) is 10.8. The summed E-state index contributed by atoms with van der Waals surface area (Å²) in [5, 5.41) is 12.9. The van der Waals surface area contributed by atoms with E-state index < -0.39 is 0 Å². The fraction of sp³-hybridized carbons (Fsp3) is 0.909. The summed E-state index contributed by atoms with van der Waals surface area (Å²) in [6, 6.07) is 2.73. The lowest BCUT2D eigenvalue weighted by molar-refractivity contribution is -0.103. The zero-order chi connectivity index (χ0) is 19.8. The fourth-order valence-electron chi connectivity index (χ4n) is 6.51. The standard InChI is InChI=1S/C22H38N4O/c1-16-17(7-10-23)22(4)9-6-8-21(2,3)19(22)15-18(16)24-20(27)26-13-11-25(5)12-14-26/h16-19H,6-9,11-15H2,1-5H3,(H,24,27)/t16-,17-,18+,19?,22+/m0/s1. The predicted molar refractivity (Wildman–Crippen MR) is 108 cm³/mol. The van der Waals surface area contributed by atoms with Gasteiger partial charge in [-0.25, -0.2) is 4.79 Å². The molecule has 5 nitrogen and oxygen atoms in total. The molecule has 0 aromatic carbocycles. The van der Waals surface area contributed by atoms with Crippen molar-refractivity contribution >= 4 is 6.03 Å². The van der Waals surface area contributed by atoms with Crippen LogP contribution in [0.3, 0.4) is 0 Å². The van der Waals surface area contributed by atoms with Crippen LogP contribution in [-0.2, 0) is 0 Å². The van der Waals surface area contributed by atoms with Crippen molar-refractivity contribution in [3.8, 4) is 6.07 Å². The van der Waals surface area contributed by atoms with Crippen LogP contribution >= 0.6 is 0 Å². The van der Waals surface area contributed by atoms with Gasteiger partial charge in [0.2, 0.25) is 0 Å². The number of likely N-dealkylation sites (N-methyl/N-ethyl adjacent to an activating group) is 1. The van der Waals surface area contributed by atoms with Gasteiger partial charge in [-0.1, -0.05) is 34.1 Å². The number of hydrogen-bond acceptors (Lipinski definition) is 3. The van der Waals surface area contributed by atoms with Crippen molar-refractivity contribution in [1.82, 2.24) is 15.1 Å². The minimum absolute atomic E-state index is 0.0906. The summed E-state index contributed by atoms with van der Waals surface area (Å²) in [6.45, 7) is 13.0. The molecule has 5 heteroatoms. The summed E-state index contributed by atoms with van der Waals surface area (Å²) in [5.41, 5.74) is 0.490. The van der Waals surface area contributed by atoms with E-state index in [4.69, 9.17) is 0 Å². The van der Waals surface area contributed by atoms with Crippen LogP contribution in [-0.4, -0.2) is 55.1 Å². The minimum Gasteiger partial charge on any atom is -0.335 e. The van der Waals surface area contributed by atoms with Crippen molar-refractivity contribution in [2.24, 2.45) is 28.6 Å². The Morgan fingerprint density at radius 1 is 1.19 bits per heavy atom. The second-order valence-corrected chi connectivity index (χ2v) is 10.3. The fourth-order valence-corrected chi connectivity index (χ4v) is 6.51. The van der Waals surface area contributed by atoms with Crippen LogP contribution in [0.15, 0.2) is 0 Å². The van der Waals surface area contributed by atoms with E-state index in [1.165, 1.54) is 19.3 Å². The smallest absolute Gasteiger partial charge is 0.317 e. The Labute approximate surface area is 165 Å². The monoisotopic (exact) mass is 374 g/mol. The zero-order valence-corrected chi connectivity index (χ0v) is 17.9. The lowest BCUT2D eigenvalue weighted by Gasteiger charge is -2.60. The average Bonchev–Trinajstić information content (AvgIpc) is 2.60. The number of amides is 2. The molecule has 3 fully saturated rings. The largest absolute Gasteiger partial charge is 0.335 e. The van der Waals surface area contributed by atoms with Crippen LogP contribution in [0.25, 0.3) is 0 Å². The van der Waals surface area contributed by atoms with Crippen LogP contribution in [0.5, 0.6) is 0 Å². The van der Waals surface area contributed by atoms with Gasteiger partial charge in [-0.3, -0.25) is 0 Å². The summed E-state index contributed by atoms with van der Waals surface area (Å²) < 4.78 is 0. The van der Waals surface area contributed by atoms with Crippen LogP contribution in [0.1, 0.15) is 59.8 Å². The van der Waals surface area contributed by atoms with Gasteiger partial charge in [-0.15, -0.1) is 0 Å². The molecule has 1 unspecified atom stereocenters. The molecule has 0 spiro atoms. The Kier molecular flexibility index (Phi) is 5.77. The van der Waals surface area contributed by atoms with Gasteiger partial charge in [0.25, 0.3) is 0 Å². The molecule has 3 aliphatic rings. The topological polar surface area (TPSA) is 59.4 Å². The Bertz CT molecular complexity index is 590.